The van der Waals surface area contributed by atoms with Crippen LogP contribution < -0.4 is 10.3 Å². The first-order valence-electron chi connectivity index (χ1n) is 11.6. The number of aromatic nitrogens is 5. The standard InChI is InChI=1S/C22H31N7O5S/c1-5-17-18-19(27(3)26-17)21(30)25-20(24-18)16-13-15(14-23-22(16)34-12-11-33-4)35(31,32)29-9-7-28(6-2)8-10-29/h13-14H,5-12H2,1-4H3,(H,24,25,30). The van der Waals surface area contributed by atoms with Gasteiger partial charge < -0.3 is 19.4 Å². The maximum Gasteiger partial charge on any atom is 0.277 e. The van der Waals surface area contributed by atoms with E-state index in [1.54, 1.807) is 14.2 Å². The number of nitrogens with zero attached hydrogens (tertiary/aromatic N) is 6. The van der Waals surface area contributed by atoms with E-state index in [0.717, 1.165) is 6.54 Å². The van der Waals surface area contributed by atoms with Crippen LogP contribution in [0, 0.1) is 0 Å². The van der Waals surface area contributed by atoms with E-state index in [2.05, 4.69) is 31.9 Å². The number of hydrogen-bond acceptors (Lipinski definition) is 9. The molecule has 13 heteroatoms. The maximum absolute atomic E-state index is 13.4. The number of piperazine rings is 1. The number of fused-ring (bicyclic) bond motifs is 1. The van der Waals surface area contributed by atoms with Crippen LogP contribution in [0.15, 0.2) is 22.0 Å². The monoisotopic (exact) mass is 505 g/mol. The first-order chi connectivity index (χ1) is 16.8. The Labute approximate surface area is 203 Å². The Morgan fingerprint density at radius 3 is 2.54 bits per heavy atom. The van der Waals surface area contributed by atoms with Gasteiger partial charge in [0.05, 0.1) is 24.1 Å². The van der Waals surface area contributed by atoms with Gasteiger partial charge in [0.25, 0.3) is 5.56 Å². The number of pyridine rings is 1. The number of nitrogens with one attached hydrogen (secondary N) is 1. The SMILES string of the molecule is CCc1nn(C)c2c(=O)[nH]c(-c3cc(S(=O)(=O)N4CCN(CC)CC4)cnc3OCCOC)nc12. The molecule has 0 radical (unpaired) electrons. The molecule has 0 spiro atoms. The van der Waals surface area contributed by atoms with Crippen molar-refractivity contribution in [1.82, 2.24) is 33.9 Å². The third-order valence-corrected chi connectivity index (χ3v) is 7.99. The van der Waals surface area contributed by atoms with Gasteiger partial charge in [-0.15, -0.1) is 0 Å². The highest BCUT2D eigenvalue weighted by Crippen LogP contribution is 2.30. The average Bonchev–Trinajstić information content (AvgIpc) is 3.20. The van der Waals surface area contributed by atoms with Crippen LogP contribution in [-0.4, -0.2) is 95.4 Å². The predicted molar refractivity (Wildman–Crippen MR) is 130 cm³/mol. The van der Waals surface area contributed by atoms with E-state index in [0.29, 0.717) is 55.9 Å². The molecule has 0 saturated carbocycles. The van der Waals surface area contributed by atoms with Crippen molar-refractivity contribution in [2.24, 2.45) is 7.05 Å². The Morgan fingerprint density at radius 2 is 1.89 bits per heavy atom. The predicted octanol–water partition coefficient (Wildman–Crippen LogP) is 0.632. The van der Waals surface area contributed by atoms with E-state index in [-0.39, 0.29) is 34.3 Å². The van der Waals surface area contributed by atoms with Crippen molar-refractivity contribution in [3.05, 3.63) is 28.3 Å². The lowest BCUT2D eigenvalue weighted by molar-refractivity contribution is 0.144. The summed E-state index contributed by atoms with van der Waals surface area (Å²) in [5.41, 5.74) is 1.37. The zero-order chi connectivity index (χ0) is 25.2. The van der Waals surface area contributed by atoms with Gasteiger partial charge in [0.1, 0.15) is 22.8 Å². The lowest BCUT2D eigenvalue weighted by Gasteiger charge is -2.33. The van der Waals surface area contributed by atoms with Gasteiger partial charge in [-0.1, -0.05) is 13.8 Å². The molecule has 3 aromatic rings. The molecule has 1 N–H and O–H groups in total. The second kappa shape index (κ2) is 10.4. The van der Waals surface area contributed by atoms with Crippen LogP contribution in [0.1, 0.15) is 19.5 Å². The number of ether oxygens (including phenoxy) is 2. The van der Waals surface area contributed by atoms with Crippen molar-refractivity contribution in [3.63, 3.8) is 0 Å². The van der Waals surface area contributed by atoms with Crippen molar-refractivity contribution < 1.29 is 17.9 Å². The molecule has 0 unspecified atom stereocenters. The van der Waals surface area contributed by atoms with Crippen molar-refractivity contribution in [2.45, 2.75) is 25.2 Å². The zero-order valence-electron chi connectivity index (χ0n) is 20.4. The molecular weight excluding hydrogens is 474 g/mol. The van der Waals surface area contributed by atoms with E-state index < -0.39 is 10.0 Å². The van der Waals surface area contributed by atoms with Crippen molar-refractivity contribution in [3.8, 4) is 17.3 Å². The highest BCUT2D eigenvalue weighted by Gasteiger charge is 2.30. The number of hydrogen-bond donors (Lipinski definition) is 1. The number of methoxy groups -OCH3 is 1. The minimum atomic E-state index is -3.80. The Bertz CT molecular complexity index is 1360. The van der Waals surface area contributed by atoms with Crippen LogP contribution in [0.5, 0.6) is 5.88 Å². The molecule has 0 amide bonds. The van der Waals surface area contributed by atoms with E-state index in [4.69, 9.17) is 9.47 Å². The summed E-state index contributed by atoms with van der Waals surface area (Å²) in [5, 5.41) is 4.38. The van der Waals surface area contributed by atoms with Crippen LogP contribution in [0.4, 0.5) is 0 Å². The highest BCUT2D eigenvalue weighted by atomic mass is 32.2. The summed E-state index contributed by atoms with van der Waals surface area (Å²) in [6, 6.07) is 1.46. The van der Waals surface area contributed by atoms with Crippen LogP contribution >= 0.6 is 0 Å². The fourth-order valence-electron chi connectivity index (χ4n) is 4.13. The van der Waals surface area contributed by atoms with Crippen LogP contribution in [0.2, 0.25) is 0 Å². The quantitative estimate of drug-likeness (QED) is 0.415. The Kier molecular flexibility index (Phi) is 7.50. The van der Waals surface area contributed by atoms with E-state index in [1.807, 2.05) is 6.92 Å². The number of H-pyrrole nitrogens is 1. The summed E-state index contributed by atoms with van der Waals surface area (Å²) in [4.78, 5) is 26.8. The average molecular weight is 506 g/mol. The van der Waals surface area contributed by atoms with Gasteiger partial charge in [-0.2, -0.15) is 9.40 Å². The third-order valence-electron chi connectivity index (χ3n) is 6.12. The summed E-state index contributed by atoms with van der Waals surface area (Å²) in [6.07, 6.45) is 1.87. The summed E-state index contributed by atoms with van der Waals surface area (Å²) in [6.45, 7) is 7.50. The number of sulfonamides is 1. The largest absolute Gasteiger partial charge is 0.475 e. The second-order valence-corrected chi connectivity index (χ2v) is 10.2. The molecule has 35 heavy (non-hydrogen) atoms. The minimum absolute atomic E-state index is 0.0150. The minimum Gasteiger partial charge on any atom is -0.475 e. The molecule has 0 aliphatic carbocycles. The lowest BCUT2D eigenvalue weighted by Crippen LogP contribution is -2.48. The molecule has 190 valence electrons. The first-order valence-corrected chi connectivity index (χ1v) is 13.0. The molecule has 0 atom stereocenters. The van der Waals surface area contributed by atoms with Gasteiger partial charge in [-0.05, 0) is 19.0 Å². The highest BCUT2D eigenvalue weighted by molar-refractivity contribution is 7.89. The Hall–Kier alpha value is -2.87. The van der Waals surface area contributed by atoms with Gasteiger partial charge in [-0.3, -0.25) is 9.48 Å². The van der Waals surface area contributed by atoms with Crippen LogP contribution in [-0.2, 0) is 28.2 Å². The number of aryl methyl sites for hydroxylation is 2. The molecule has 3 aromatic heterocycles. The van der Waals surface area contributed by atoms with Gasteiger partial charge >= 0.3 is 0 Å². The van der Waals surface area contributed by atoms with E-state index in [1.165, 1.54) is 21.3 Å². The number of rotatable bonds is 9. The van der Waals surface area contributed by atoms with E-state index in [9.17, 15) is 13.2 Å². The topological polar surface area (TPSA) is 136 Å². The zero-order valence-corrected chi connectivity index (χ0v) is 21.3. The van der Waals surface area contributed by atoms with Gasteiger partial charge in [0, 0.05) is 40.3 Å². The smallest absolute Gasteiger partial charge is 0.277 e. The normalized spacial score (nSPS) is 15.7. The summed E-state index contributed by atoms with van der Waals surface area (Å²) in [7, 11) is -0.566. The van der Waals surface area contributed by atoms with Gasteiger partial charge in [0.2, 0.25) is 15.9 Å². The first kappa shape index (κ1) is 25.2. The van der Waals surface area contributed by atoms with Crippen molar-refractivity contribution >= 4 is 21.1 Å². The molecule has 1 aliphatic rings. The van der Waals surface area contributed by atoms with Crippen molar-refractivity contribution in [1.29, 1.82) is 0 Å². The molecule has 12 nitrogen and oxygen atoms in total. The van der Waals surface area contributed by atoms with Crippen LogP contribution in [0.3, 0.4) is 0 Å². The Balaban J connectivity index is 1.80. The molecule has 4 heterocycles. The summed E-state index contributed by atoms with van der Waals surface area (Å²) < 4.78 is 40.6. The van der Waals surface area contributed by atoms with Gasteiger partial charge in [-0.25, -0.2) is 18.4 Å². The maximum atomic E-state index is 13.4. The van der Waals surface area contributed by atoms with Crippen LogP contribution in [0.25, 0.3) is 22.4 Å². The fourth-order valence-corrected chi connectivity index (χ4v) is 5.52. The number of likely N-dealkylation sites (N-methyl/N-ethyl adjacent to an activating group) is 1. The molecule has 1 saturated heterocycles. The van der Waals surface area contributed by atoms with Gasteiger partial charge in [0.15, 0.2) is 5.52 Å². The third kappa shape index (κ3) is 4.94. The number of aromatic amines is 1. The molecule has 0 aromatic carbocycles. The molecule has 1 aliphatic heterocycles. The lowest BCUT2D eigenvalue weighted by atomic mass is 10.2. The fraction of sp³-hybridized carbons (Fsp3) is 0.545. The molecule has 0 bridgehead atoms. The van der Waals surface area contributed by atoms with E-state index >= 15 is 0 Å². The Morgan fingerprint density at radius 1 is 1.14 bits per heavy atom. The molecule has 1 fully saturated rings. The van der Waals surface area contributed by atoms with Crippen molar-refractivity contribution in [2.75, 3.05) is 53.0 Å². The summed E-state index contributed by atoms with van der Waals surface area (Å²) in [5.74, 6) is 0.319. The summed E-state index contributed by atoms with van der Waals surface area (Å²) >= 11 is 0. The molecular formula is C22H31N7O5S. The molecule has 4 rings (SSSR count). The second-order valence-electron chi connectivity index (χ2n) is 8.24.